The lowest BCUT2D eigenvalue weighted by molar-refractivity contribution is 0.817. The number of allylic oxidation sites excluding steroid dienone is 5. The summed E-state index contributed by atoms with van der Waals surface area (Å²) in [5, 5.41) is 4.15. The highest BCUT2D eigenvalue weighted by molar-refractivity contribution is 5.95. The minimum Gasteiger partial charge on any atom is -0.355 e. The lowest BCUT2D eigenvalue weighted by Crippen LogP contribution is -2.30. The van der Waals surface area contributed by atoms with Gasteiger partial charge in [0.25, 0.3) is 0 Å². The lowest BCUT2D eigenvalue weighted by Gasteiger charge is -2.30. The normalized spacial score (nSPS) is 20.3. The first-order chi connectivity index (χ1) is 22.7. The topological polar surface area (TPSA) is 19.0 Å². The molecule has 1 aromatic heterocycles. The quantitative estimate of drug-likeness (QED) is 0.159. The van der Waals surface area contributed by atoms with Gasteiger partial charge in [-0.05, 0) is 71.6 Å². The molecule has 1 aliphatic heterocycles. The number of benzene rings is 4. The highest BCUT2D eigenvalue weighted by Crippen LogP contribution is 2.47. The molecule has 0 saturated heterocycles. The van der Waals surface area contributed by atoms with Crippen LogP contribution in [0.25, 0.3) is 45.3 Å². The van der Waals surface area contributed by atoms with Gasteiger partial charge in [0.05, 0.1) is 6.04 Å². The van der Waals surface area contributed by atoms with Crippen LogP contribution in [0, 0.1) is 11.8 Å². The molecule has 2 nitrogen and oxygen atoms in total. The molecule has 4 aliphatic rings. The molecular formula is C44H38N2. The van der Waals surface area contributed by atoms with Crippen molar-refractivity contribution in [3.63, 3.8) is 0 Å². The fourth-order valence-electron chi connectivity index (χ4n) is 7.39. The minimum absolute atomic E-state index is 0.268. The molecule has 3 atom stereocenters. The number of hydrogen-bond acceptors (Lipinski definition) is 1. The zero-order chi connectivity index (χ0) is 31.0. The third-order valence-corrected chi connectivity index (χ3v) is 9.74. The van der Waals surface area contributed by atoms with Crippen molar-refractivity contribution in [1.29, 1.82) is 0 Å². The molecule has 224 valence electrons. The first-order valence-corrected chi connectivity index (χ1v) is 16.4. The number of para-hydroxylation sites is 2. The number of rotatable bonds is 5. The van der Waals surface area contributed by atoms with E-state index >= 15 is 0 Å². The smallest absolute Gasteiger partial charge is 0.0629 e. The van der Waals surface area contributed by atoms with Crippen LogP contribution >= 0.6 is 0 Å². The van der Waals surface area contributed by atoms with Crippen LogP contribution in [-0.2, 0) is 0 Å². The van der Waals surface area contributed by atoms with Gasteiger partial charge in [0.2, 0.25) is 0 Å². The van der Waals surface area contributed by atoms with E-state index in [4.69, 9.17) is 0 Å². The summed E-state index contributed by atoms with van der Waals surface area (Å²) in [6.07, 6.45) is 19.0. The predicted molar refractivity (Wildman–Crippen MR) is 196 cm³/mol. The first-order valence-electron chi connectivity index (χ1n) is 16.4. The summed E-state index contributed by atoms with van der Waals surface area (Å²) in [5.74, 6) is 1.66. The van der Waals surface area contributed by atoms with E-state index in [2.05, 4.69) is 163 Å². The Morgan fingerprint density at radius 3 is 2.48 bits per heavy atom. The second-order valence-corrected chi connectivity index (χ2v) is 12.6. The van der Waals surface area contributed by atoms with Crippen molar-refractivity contribution in [2.45, 2.75) is 25.3 Å². The number of hydrogen-bond donors (Lipinski definition) is 1. The predicted octanol–water partition coefficient (Wildman–Crippen LogP) is 9.44. The second kappa shape index (κ2) is 11.9. The average Bonchev–Trinajstić information content (AvgIpc) is 3.76. The summed E-state index contributed by atoms with van der Waals surface area (Å²) in [6, 6.07) is 36.7. The maximum Gasteiger partial charge on any atom is 0.0629 e. The monoisotopic (exact) mass is 594 g/mol. The summed E-state index contributed by atoms with van der Waals surface area (Å²) >= 11 is 0. The Morgan fingerprint density at radius 2 is 1.59 bits per heavy atom. The molecule has 2 heteroatoms. The molecule has 0 amide bonds. The van der Waals surface area contributed by atoms with E-state index in [9.17, 15) is 0 Å². The van der Waals surface area contributed by atoms with E-state index in [1.165, 1.54) is 55.8 Å². The van der Waals surface area contributed by atoms with E-state index in [0.717, 1.165) is 41.5 Å². The Balaban J connectivity index is 0.000000183. The number of H-pyrrole nitrogens is 1. The van der Waals surface area contributed by atoms with E-state index < -0.39 is 0 Å². The van der Waals surface area contributed by atoms with Crippen LogP contribution in [0.2, 0.25) is 0 Å². The molecule has 9 rings (SSSR count). The molecule has 0 radical (unpaired) electrons. The summed E-state index contributed by atoms with van der Waals surface area (Å²) < 4.78 is 0. The van der Waals surface area contributed by atoms with Crippen LogP contribution in [0.5, 0.6) is 0 Å². The van der Waals surface area contributed by atoms with Gasteiger partial charge < -0.3 is 9.88 Å². The number of aromatic nitrogens is 1. The van der Waals surface area contributed by atoms with E-state index in [0.29, 0.717) is 0 Å². The van der Waals surface area contributed by atoms with E-state index in [1.54, 1.807) is 0 Å². The molecule has 4 aromatic carbocycles. The van der Waals surface area contributed by atoms with Crippen molar-refractivity contribution < 1.29 is 0 Å². The fourth-order valence-corrected chi connectivity index (χ4v) is 7.39. The number of anilines is 1. The summed E-state index contributed by atoms with van der Waals surface area (Å²) in [6.45, 7) is 8.61. The standard InChI is InChI=1S/C31H27N.C13H11N/c1-3-13-27(26-17-12-16-25(22-26)24-14-6-4-7-15-24)23(2)32-30-20-9-5-8-18-28(30)29-19-10-11-21-31(29)32;1-2-4-12-10(3-1)11-6-8-5-9(8)7-13(11)14-12/h3-7,9-19,21-22,30H,1-2,8,20H2;1-4,6-9,14H,5H2/b27-13+;. The van der Waals surface area contributed by atoms with Gasteiger partial charge in [-0.2, -0.15) is 0 Å². The molecule has 46 heavy (non-hydrogen) atoms. The number of fused-ring (bicyclic) bond motifs is 7. The summed E-state index contributed by atoms with van der Waals surface area (Å²) in [7, 11) is 0. The van der Waals surface area contributed by atoms with Crippen LogP contribution in [0.3, 0.4) is 0 Å². The Bertz CT molecular complexity index is 2190. The number of aromatic amines is 1. The van der Waals surface area contributed by atoms with Crippen LogP contribution < -0.4 is 15.5 Å². The van der Waals surface area contributed by atoms with E-state index in [-0.39, 0.29) is 6.04 Å². The van der Waals surface area contributed by atoms with Gasteiger partial charge in [0, 0.05) is 44.0 Å². The Morgan fingerprint density at radius 1 is 0.804 bits per heavy atom. The second-order valence-electron chi connectivity index (χ2n) is 12.6. The lowest BCUT2D eigenvalue weighted by atomic mass is 9.96. The molecule has 0 spiro atoms. The van der Waals surface area contributed by atoms with Crippen LogP contribution in [0.15, 0.2) is 152 Å². The molecule has 3 unspecified atom stereocenters. The Labute approximate surface area is 271 Å². The van der Waals surface area contributed by atoms with Crippen LogP contribution in [-0.4, -0.2) is 11.0 Å². The van der Waals surface area contributed by atoms with Gasteiger partial charge >= 0.3 is 0 Å². The van der Waals surface area contributed by atoms with Gasteiger partial charge in [-0.3, -0.25) is 0 Å². The van der Waals surface area contributed by atoms with Crippen molar-refractivity contribution in [2.24, 2.45) is 11.8 Å². The zero-order valence-electron chi connectivity index (χ0n) is 26.1. The zero-order valence-corrected chi connectivity index (χ0v) is 26.1. The van der Waals surface area contributed by atoms with Crippen LogP contribution in [0.4, 0.5) is 5.69 Å². The third kappa shape index (κ3) is 5.10. The number of nitrogens with zero attached hydrogens (tertiary/aromatic N) is 1. The molecule has 3 aliphatic carbocycles. The van der Waals surface area contributed by atoms with Gasteiger partial charge in [-0.1, -0.05) is 141 Å². The largest absolute Gasteiger partial charge is 0.355 e. The maximum atomic E-state index is 4.61. The molecule has 1 saturated carbocycles. The molecule has 0 bridgehead atoms. The summed E-state index contributed by atoms with van der Waals surface area (Å²) in [4.78, 5) is 5.90. The van der Waals surface area contributed by atoms with Gasteiger partial charge in [-0.25, -0.2) is 0 Å². The molecule has 1 fully saturated rings. The maximum absolute atomic E-state index is 4.61. The molecule has 5 aromatic rings. The van der Waals surface area contributed by atoms with Crippen LogP contribution in [0.1, 0.15) is 30.4 Å². The highest BCUT2D eigenvalue weighted by Gasteiger charge is 2.36. The fraction of sp³-hybridized carbons (Fsp3) is 0.136. The van der Waals surface area contributed by atoms with Crippen molar-refractivity contribution in [1.82, 2.24) is 4.98 Å². The summed E-state index contributed by atoms with van der Waals surface area (Å²) in [5.41, 5.74) is 10.9. The molecule has 2 heterocycles. The molecular weight excluding hydrogens is 556 g/mol. The SMILES string of the molecule is C1=c2[nH]c3ccccc3c2=CC2CC12.C=C/C=C(\C(=C)N1c2ccccc2C2=CCC=CCC21)c1cccc(-c2ccccc2)c1. The highest BCUT2D eigenvalue weighted by atomic mass is 15.2. The van der Waals surface area contributed by atoms with Gasteiger partial charge in [-0.15, -0.1) is 0 Å². The Hall–Kier alpha value is -5.34. The van der Waals surface area contributed by atoms with Crippen molar-refractivity contribution >= 4 is 39.9 Å². The number of nitrogens with one attached hydrogen (secondary N) is 1. The van der Waals surface area contributed by atoms with Crippen molar-refractivity contribution in [3.8, 4) is 11.1 Å². The molecule has 1 N–H and O–H groups in total. The Kier molecular flexibility index (Phi) is 7.27. The van der Waals surface area contributed by atoms with Gasteiger partial charge in [0.1, 0.15) is 0 Å². The van der Waals surface area contributed by atoms with E-state index in [1.807, 2.05) is 6.08 Å². The van der Waals surface area contributed by atoms with Crippen molar-refractivity contribution in [2.75, 3.05) is 4.90 Å². The van der Waals surface area contributed by atoms with Gasteiger partial charge in [0.15, 0.2) is 0 Å². The minimum atomic E-state index is 0.268. The first kappa shape index (κ1) is 28.2. The third-order valence-electron chi connectivity index (χ3n) is 9.74. The van der Waals surface area contributed by atoms with Crippen molar-refractivity contribution in [3.05, 3.63) is 174 Å². The average molecular weight is 595 g/mol.